The Labute approximate surface area is 374 Å². The molecule has 0 N–H and O–H groups in total. The molecular formula is C54H104O6. The molecule has 60 heavy (non-hydrogen) atoms. The first-order valence-corrected chi connectivity index (χ1v) is 26.9. The van der Waals surface area contributed by atoms with Crippen molar-refractivity contribution in [2.75, 3.05) is 13.2 Å². The zero-order valence-electron chi connectivity index (χ0n) is 40.9. The highest BCUT2D eigenvalue weighted by Gasteiger charge is 2.19. The first-order valence-electron chi connectivity index (χ1n) is 26.9. The molecule has 0 heterocycles. The zero-order chi connectivity index (χ0) is 43.8. The fraction of sp³-hybridized carbons (Fsp3) is 0.944. The Balaban J connectivity index is 4.06. The summed E-state index contributed by atoms with van der Waals surface area (Å²) in [5, 5.41) is 0. The maximum Gasteiger partial charge on any atom is 0.306 e. The molecule has 2 atom stereocenters. The fourth-order valence-corrected chi connectivity index (χ4v) is 8.19. The minimum atomic E-state index is -0.759. The first-order chi connectivity index (χ1) is 29.4. The Morgan fingerprint density at radius 2 is 0.583 bits per heavy atom. The van der Waals surface area contributed by atoms with E-state index in [1.165, 1.54) is 193 Å². The van der Waals surface area contributed by atoms with Gasteiger partial charge in [-0.25, -0.2) is 0 Å². The van der Waals surface area contributed by atoms with Crippen LogP contribution in [0, 0.1) is 5.92 Å². The summed E-state index contributed by atoms with van der Waals surface area (Å²) < 4.78 is 16.7. The lowest BCUT2D eigenvalue weighted by atomic mass is 9.99. The average molecular weight is 849 g/mol. The van der Waals surface area contributed by atoms with Gasteiger partial charge in [-0.3, -0.25) is 14.4 Å². The highest BCUT2D eigenvalue weighted by atomic mass is 16.6. The lowest BCUT2D eigenvalue weighted by molar-refractivity contribution is -0.167. The van der Waals surface area contributed by atoms with Crippen LogP contribution in [0.5, 0.6) is 0 Å². The number of hydrogen-bond acceptors (Lipinski definition) is 6. The van der Waals surface area contributed by atoms with Crippen LogP contribution in [0.2, 0.25) is 0 Å². The number of carbonyl (C=O) groups excluding carboxylic acids is 3. The molecule has 0 saturated heterocycles. The summed E-state index contributed by atoms with van der Waals surface area (Å²) >= 11 is 0. The predicted molar refractivity (Wildman–Crippen MR) is 257 cm³/mol. The van der Waals surface area contributed by atoms with Crippen molar-refractivity contribution in [1.82, 2.24) is 0 Å². The molecule has 0 aliphatic carbocycles. The monoisotopic (exact) mass is 849 g/mol. The standard InChI is InChI=1S/C54H104O6/c1-5-8-10-12-13-14-15-16-21-25-28-31-34-38-42-46-53(56)59-49-51(48-58-52(55)45-41-36-11-9-6-2)60-54(57)47-43-39-35-32-29-26-23-20-18-17-19-22-24-27-30-33-37-40-44-50(4)7-3/h50-51H,5-49H2,1-4H3/t50?,51-/m0/s1. The number of rotatable bonds is 49. The second-order valence-electron chi connectivity index (χ2n) is 18.8. The van der Waals surface area contributed by atoms with Crippen LogP contribution in [0.25, 0.3) is 0 Å². The van der Waals surface area contributed by atoms with Gasteiger partial charge in [0.05, 0.1) is 0 Å². The van der Waals surface area contributed by atoms with E-state index in [4.69, 9.17) is 14.2 Å². The van der Waals surface area contributed by atoms with Gasteiger partial charge >= 0.3 is 17.9 Å². The van der Waals surface area contributed by atoms with Crippen LogP contribution in [0.1, 0.15) is 304 Å². The van der Waals surface area contributed by atoms with Crippen molar-refractivity contribution in [2.45, 2.75) is 310 Å². The molecule has 0 aromatic carbocycles. The quantitative estimate of drug-likeness (QED) is 0.0345. The second kappa shape index (κ2) is 48.4. The molecule has 6 heteroatoms. The van der Waals surface area contributed by atoms with Gasteiger partial charge in [-0.15, -0.1) is 0 Å². The van der Waals surface area contributed by atoms with E-state index in [1.54, 1.807) is 0 Å². The summed E-state index contributed by atoms with van der Waals surface area (Å²) in [4.78, 5) is 37.7. The van der Waals surface area contributed by atoms with Crippen molar-refractivity contribution in [3.63, 3.8) is 0 Å². The zero-order valence-corrected chi connectivity index (χ0v) is 40.9. The van der Waals surface area contributed by atoms with Gasteiger partial charge in [-0.1, -0.05) is 265 Å². The third-order valence-corrected chi connectivity index (χ3v) is 12.7. The number of hydrogen-bond donors (Lipinski definition) is 0. The minimum Gasteiger partial charge on any atom is -0.462 e. The number of carbonyl (C=O) groups is 3. The Bertz CT molecular complexity index is 905. The lowest BCUT2D eigenvalue weighted by Crippen LogP contribution is -2.30. The maximum atomic E-state index is 12.8. The van der Waals surface area contributed by atoms with E-state index in [9.17, 15) is 14.4 Å². The van der Waals surface area contributed by atoms with Gasteiger partial charge in [0.25, 0.3) is 0 Å². The second-order valence-corrected chi connectivity index (χ2v) is 18.8. The van der Waals surface area contributed by atoms with E-state index in [0.717, 1.165) is 70.1 Å². The normalized spacial score (nSPS) is 12.4. The SMILES string of the molecule is CCCCCCCCCCCCCCCCCC(=O)OC[C@H](COC(=O)CCCCCCC)OC(=O)CCCCCCCCCCCCCCCCCCCCC(C)CC. The Kier molecular flexibility index (Phi) is 47.2. The summed E-state index contributed by atoms with van der Waals surface area (Å²) in [5.41, 5.74) is 0. The van der Waals surface area contributed by atoms with Crippen molar-refractivity contribution in [2.24, 2.45) is 5.92 Å². The molecule has 0 spiro atoms. The van der Waals surface area contributed by atoms with E-state index in [0.29, 0.717) is 19.3 Å². The van der Waals surface area contributed by atoms with Gasteiger partial charge in [0, 0.05) is 19.3 Å². The largest absolute Gasteiger partial charge is 0.462 e. The van der Waals surface area contributed by atoms with E-state index in [2.05, 4.69) is 27.7 Å². The lowest BCUT2D eigenvalue weighted by Gasteiger charge is -2.18. The number of ether oxygens (including phenoxy) is 3. The molecule has 0 radical (unpaired) electrons. The van der Waals surface area contributed by atoms with E-state index >= 15 is 0 Å². The molecule has 6 nitrogen and oxygen atoms in total. The van der Waals surface area contributed by atoms with Crippen LogP contribution in [0.4, 0.5) is 0 Å². The Morgan fingerprint density at radius 1 is 0.333 bits per heavy atom. The highest BCUT2D eigenvalue weighted by molar-refractivity contribution is 5.71. The minimum absolute atomic E-state index is 0.0636. The molecule has 0 aliphatic rings. The van der Waals surface area contributed by atoms with E-state index in [-0.39, 0.29) is 31.1 Å². The highest BCUT2D eigenvalue weighted by Crippen LogP contribution is 2.18. The summed E-state index contributed by atoms with van der Waals surface area (Å²) in [5.74, 6) is 0.0522. The molecule has 0 aromatic rings. The smallest absolute Gasteiger partial charge is 0.306 e. The summed E-state index contributed by atoms with van der Waals surface area (Å²) in [6.45, 7) is 9.01. The first kappa shape index (κ1) is 58.4. The molecule has 0 fully saturated rings. The average Bonchev–Trinajstić information content (AvgIpc) is 3.24. The van der Waals surface area contributed by atoms with Crippen LogP contribution in [-0.4, -0.2) is 37.2 Å². The maximum absolute atomic E-state index is 12.8. The molecular weight excluding hydrogens is 745 g/mol. The van der Waals surface area contributed by atoms with Gasteiger partial charge in [-0.2, -0.15) is 0 Å². The van der Waals surface area contributed by atoms with Crippen molar-refractivity contribution in [1.29, 1.82) is 0 Å². The van der Waals surface area contributed by atoms with Gasteiger partial charge in [0.1, 0.15) is 13.2 Å². The van der Waals surface area contributed by atoms with Gasteiger partial charge < -0.3 is 14.2 Å². The van der Waals surface area contributed by atoms with Crippen LogP contribution in [-0.2, 0) is 28.6 Å². The molecule has 0 rings (SSSR count). The van der Waals surface area contributed by atoms with Crippen molar-refractivity contribution >= 4 is 17.9 Å². The van der Waals surface area contributed by atoms with Crippen LogP contribution >= 0.6 is 0 Å². The van der Waals surface area contributed by atoms with Crippen molar-refractivity contribution in [3.8, 4) is 0 Å². The molecule has 356 valence electrons. The third-order valence-electron chi connectivity index (χ3n) is 12.7. The Morgan fingerprint density at radius 3 is 0.867 bits per heavy atom. The summed E-state index contributed by atoms with van der Waals surface area (Å²) in [6, 6.07) is 0. The predicted octanol–water partition coefficient (Wildman–Crippen LogP) is 17.5. The fourth-order valence-electron chi connectivity index (χ4n) is 8.19. The molecule has 1 unspecified atom stereocenters. The molecule has 0 bridgehead atoms. The topological polar surface area (TPSA) is 78.9 Å². The number of unbranched alkanes of at least 4 members (excludes halogenated alkanes) is 35. The van der Waals surface area contributed by atoms with Gasteiger partial charge in [-0.05, 0) is 25.2 Å². The number of esters is 3. The van der Waals surface area contributed by atoms with E-state index in [1.807, 2.05) is 0 Å². The van der Waals surface area contributed by atoms with Crippen molar-refractivity contribution in [3.05, 3.63) is 0 Å². The van der Waals surface area contributed by atoms with Gasteiger partial charge in [0.15, 0.2) is 6.10 Å². The van der Waals surface area contributed by atoms with Crippen LogP contribution in [0.15, 0.2) is 0 Å². The molecule has 0 aliphatic heterocycles. The van der Waals surface area contributed by atoms with Gasteiger partial charge in [0.2, 0.25) is 0 Å². The molecule has 0 saturated carbocycles. The molecule has 0 aromatic heterocycles. The summed E-state index contributed by atoms with van der Waals surface area (Å²) in [6.07, 6.45) is 51.2. The Hall–Kier alpha value is -1.59. The third kappa shape index (κ3) is 45.9. The summed E-state index contributed by atoms with van der Waals surface area (Å²) in [7, 11) is 0. The molecule has 0 amide bonds. The van der Waals surface area contributed by atoms with Crippen LogP contribution < -0.4 is 0 Å². The van der Waals surface area contributed by atoms with Crippen molar-refractivity contribution < 1.29 is 28.6 Å². The van der Waals surface area contributed by atoms with E-state index < -0.39 is 6.10 Å². The van der Waals surface area contributed by atoms with Crippen LogP contribution in [0.3, 0.4) is 0 Å².